The summed E-state index contributed by atoms with van der Waals surface area (Å²) in [5.41, 5.74) is 4.57. The fourth-order valence-corrected chi connectivity index (χ4v) is 3.18. The topological polar surface area (TPSA) is 17.1 Å². The van der Waals surface area contributed by atoms with Crippen molar-refractivity contribution in [3.05, 3.63) is 107 Å². The van der Waals surface area contributed by atoms with Crippen molar-refractivity contribution in [3.8, 4) is 0 Å². The van der Waals surface area contributed by atoms with Crippen LogP contribution in [0, 0.1) is 6.92 Å². The van der Waals surface area contributed by atoms with E-state index in [-0.39, 0.29) is 11.7 Å². The van der Waals surface area contributed by atoms with Crippen molar-refractivity contribution in [3.63, 3.8) is 0 Å². The number of carbonyl (C=O) groups is 1. The molecule has 3 aromatic rings. The maximum absolute atomic E-state index is 12.8. The maximum Gasteiger partial charge on any atom is 0.163 e. The highest BCUT2D eigenvalue weighted by Crippen LogP contribution is 2.27. The van der Waals surface area contributed by atoms with Crippen LogP contribution in [0.3, 0.4) is 0 Å². The molecule has 0 bridgehead atoms. The van der Waals surface area contributed by atoms with Gasteiger partial charge in [-0.15, -0.1) is 0 Å². The van der Waals surface area contributed by atoms with Crippen molar-refractivity contribution in [2.45, 2.75) is 32.1 Å². The van der Waals surface area contributed by atoms with E-state index in [2.05, 4.69) is 48.5 Å². The molecule has 0 radical (unpaired) electrons. The second kappa shape index (κ2) is 8.43. The van der Waals surface area contributed by atoms with E-state index in [4.69, 9.17) is 0 Å². The Morgan fingerprint density at radius 2 is 1.40 bits per heavy atom. The minimum atomic E-state index is 0.224. The molecular weight excluding hydrogens is 304 g/mol. The molecule has 126 valence electrons. The molecule has 0 aliphatic carbocycles. The van der Waals surface area contributed by atoms with Gasteiger partial charge in [-0.2, -0.15) is 0 Å². The van der Waals surface area contributed by atoms with E-state index >= 15 is 0 Å². The van der Waals surface area contributed by atoms with Crippen LogP contribution in [-0.2, 0) is 6.42 Å². The van der Waals surface area contributed by atoms with Gasteiger partial charge in [-0.3, -0.25) is 4.79 Å². The van der Waals surface area contributed by atoms with E-state index in [9.17, 15) is 4.79 Å². The molecule has 1 nitrogen and oxygen atoms in total. The Morgan fingerprint density at radius 3 is 2.04 bits per heavy atom. The molecular formula is C24H24O. The van der Waals surface area contributed by atoms with Gasteiger partial charge in [-0.25, -0.2) is 0 Å². The van der Waals surface area contributed by atoms with Crippen LogP contribution in [0.1, 0.15) is 45.8 Å². The highest BCUT2D eigenvalue weighted by molar-refractivity contribution is 5.96. The predicted molar refractivity (Wildman–Crippen MR) is 104 cm³/mol. The summed E-state index contributed by atoms with van der Waals surface area (Å²) in [5, 5.41) is 0. The average Bonchev–Trinajstić information content (AvgIpc) is 2.67. The van der Waals surface area contributed by atoms with E-state index in [1.807, 2.05) is 43.3 Å². The molecule has 3 aromatic carbocycles. The molecule has 0 aromatic heterocycles. The van der Waals surface area contributed by atoms with Crippen LogP contribution in [0.4, 0.5) is 0 Å². The molecule has 0 saturated carbocycles. The Morgan fingerprint density at radius 1 is 0.800 bits per heavy atom. The molecule has 1 heteroatoms. The van der Waals surface area contributed by atoms with Crippen molar-refractivity contribution < 1.29 is 4.79 Å². The lowest BCUT2D eigenvalue weighted by Gasteiger charge is -2.17. The number of ketones is 1. The standard InChI is InChI=1S/C24H24O/c1-19-12-15-22(16-13-19)24(25)18-23(21-10-6-3-7-11-21)17-14-20-8-4-2-5-9-20/h2-13,15-16,23H,14,17-18H2,1H3. The first kappa shape index (κ1) is 17.2. The fraction of sp³-hybridized carbons (Fsp3) is 0.208. The van der Waals surface area contributed by atoms with Gasteiger partial charge in [0.1, 0.15) is 0 Å². The normalized spacial score (nSPS) is 11.9. The van der Waals surface area contributed by atoms with Crippen LogP contribution in [0.25, 0.3) is 0 Å². The monoisotopic (exact) mass is 328 g/mol. The molecule has 3 rings (SSSR count). The summed E-state index contributed by atoms with van der Waals surface area (Å²) in [6, 6.07) is 28.8. The number of rotatable bonds is 7. The Balaban J connectivity index is 1.74. The fourth-order valence-electron chi connectivity index (χ4n) is 3.18. The number of Topliss-reactive ketones (excluding diaryl/α,β-unsaturated/α-hetero) is 1. The lowest BCUT2D eigenvalue weighted by atomic mass is 9.87. The van der Waals surface area contributed by atoms with Gasteiger partial charge in [-0.05, 0) is 36.8 Å². The second-order valence-corrected chi connectivity index (χ2v) is 6.63. The lowest BCUT2D eigenvalue weighted by molar-refractivity contribution is 0.0972. The van der Waals surface area contributed by atoms with Gasteiger partial charge in [0.15, 0.2) is 5.78 Å². The summed E-state index contributed by atoms with van der Waals surface area (Å²) in [4.78, 5) is 12.8. The van der Waals surface area contributed by atoms with Crippen LogP contribution in [0.2, 0.25) is 0 Å². The highest BCUT2D eigenvalue weighted by atomic mass is 16.1. The first-order valence-electron chi connectivity index (χ1n) is 8.91. The number of hydrogen-bond acceptors (Lipinski definition) is 1. The van der Waals surface area contributed by atoms with Crippen molar-refractivity contribution >= 4 is 5.78 Å². The van der Waals surface area contributed by atoms with Crippen LogP contribution >= 0.6 is 0 Å². The zero-order valence-electron chi connectivity index (χ0n) is 14.7. The Hall–Kier alpha value is -2.67. The molecule has 0 saturated heterocycles. The number of carbonyl (C=O) groups excluding carboxylic acids is 1. The summed E-state index contributed by atoms with van der Waals surface area (Å²) in [6.45, 7) is 2.04. The highest BCUT2D eigenvalue weighted by Gasteiger charge is 2.17. The molecule has 0 fully saturated rings. The second-order valence-electron chi connectivity index (χ2n) is 6.63. The summed E-state index contributed by atoms with van der Waals surface area (Å²) in [6.07, 6.45) is 2.52. The van der Waals surface area contributed by atoms with Crippen LogP contribution in [0.5, 0.6) is 0 Å². The van der Waals surface area contributed by atoms with E-state index in [1.165, 1.54) is 16.7 Å². The predicted octanol–water partition coefficient (Wildman–Crippen LogP) is 5.98. The Kier molecular flexibility index (Phi) is 5.79. The number of benzene rings is 3. The zero-order chi connectivity index (χ0) is 17.5. The summed E-state index contributed by atoms with van der Waals surface area (Å²) in [5.74, 6) is 0.470. The third-order valence-electron chi connectivity index (χ3n) is 4.70. The molecule has 0 spiro atoms. The van der Waals surface area contributed by atoms with Crippen LogP contribution in [-0.4, -0.2) is 5.78 Å². The van der Waals surface area contributed by atoms with Crippen molar-refractivity contribution in [1.82, 2.24) is 0 Å². The molecule has 1 unspecified atom stereocenters. The van der Waals surface area contributed by atoms with Gasteiger partial charge in [0.05, 0.1) is 0 Å². The average molecular weight is 328 g/mol. The summed E-state index contributed by atoms with van der Waals surface area (Å²) in [7, 11) is 0. The van der Waals surface area contributed by atoms with E-state index < -0.39 is 0 Å². The van der Waals surface area contributed by atoms with Gasteiger partial charge in [0.25, 0.3) is 0 Å². The van der Waals surface area contributed by atoms with Crippen molar-refractivity contribution in [2.24, 2.45) is 0 Å². The van der Waals surface area contributed by atoms with Gasteiger partial charge in [0, 0.05) is 12.0 Å². The largest absolute Gasteiger partial charge is 0.294 e. The molecule has 0 aliphatic heterocycles. The van der Waals surface area contributed by atoms with Gasteiger partial charge in [0.2, 0.25) is 0 Å². The molecule has 0 N–H and O–H groups in total. The van der Waals surface area contributed by atoms with Crippen molar-refractivity contribution in [2.75, 3.05) is 0 Å². The lowest BCUT2D eigenvalue weighted by Crippen LogP contribution is -2.09. The third kappa shape index (κ3) is 4.90. The number of aryl methyl sites for hydroxylation is 2. The first-order valence-corrected chi connectivity index (χ1v) is 8.91. The van der Waals surface area contributed by atoms with E-state index in [0.29, 0.717) is 6.42 Å². The first-order chi connectivity index (χ1) is 12.2. The van der Waals surface area contributed by atoms with Gasteiger partial charge >= 0.3 is 0 Å². The van der Waals surface area contributed by atoms with Crippen LogP contribution in [0.15, 0.2) is 84.9 Å². The molecule has 1 atom stereocenters. The minimum Gasteiger partial charge on any atom is -0.294 e. The molecule has 0 heterocycles. The van der Waals surface area contributed by atoms with Crippen LogP contribution < -0.4 is 0 Å². The maximum atomic E-state index is 12.8. The Bertz CT molecular complexity index is 789. The number of hydrogen-bond donors (Lipinski definition) is 0. The zero-order valence-corrected chi connectivity index (χ0v) is 14.7. The molecule has 0 amide bonds. The smallest absolute Gasteiger partial charge is 0.163 e. The van der Waals surface area contributed by atoms with Gasteiger partial charge < -0.3 is 0 Å². The summed E-state index contributed by atoms with van der Waals surface area (Å²) < 4.78 is 0. The SMILES string of the molecule is Cc1ccc(C(=O)CC(CCc2ccccc2)c2ccccc2)cc1. The summed E-state index contributed by atoms with van der Waals surface area (Å²) >= 11 is 0. The third-order valence-corrected chi connectivity index (χ3v) is 4.70. The Labute approximate surface area is 150 Å². The van der Waals surface area contributed by atoms with Gasteiger partial charge in [-0.1, -0.05) is 90.5 Å². The van der Waals surface area contributed by atoms with Crippen molar-refractivity contribution in [1.29, 1.82) is 0 Å². The molecule has 25 heavy (non-hydrogen) atoms. The minimum absolute atomic E-state index is 0.224. The van der Waals surface area contributed by atoms with E-state index in [0.717, 1.165) is 18.4 Å². The van der Waals surface area contributed by atoms with E-state index in [1.54, 1.807) is 0 Å². The molecule has 0 aliphatic rings. The quantitative estimate of drug-likeness (QED) is 0.487.